The van der Waals surface area contributed by atoms with Crippen LogP contribution in [0.5, 0.6) is 0 Å². The van der Waals surface area contributed by atoms with E-state index in [4.69, 9.17) is 0 Å². The highest BCUT2D eigenvalue weighted by Crippen LogP contribution is 2.28. The van der Waals surface area contributed by atoms with Crippen molar-refractivity contribution >= 4 is 17.7 Å². The second kappa shape index (κ2) is 9.36. The number of amides is 3. The SMILES string of the molecule is CC(C)(C)C[C@H](NC(=O)c1cnc(C(F)(F)F)o1)C(=O)N[C@H](C#N)C[C@@H]1CCNC1=O. The number of halogens is 3. The molecule has 12 heteroatoms. The van der Waals surface area contributed by atoms with E-state index in [0.717, 1.165) is 0 Å². The third kappa shape index (κ3) is 6.97. The average Bonchev–Trinajstić information content (AvgIpc) is 3.28. The molecule has 2 heterocycles. The van der Waals surface area contributed by atoms with Crippen molar-refractivity contribution in [1.29, 1.82) is 5.26 Å². The molecule has 0 aliphatic carbocycles. The second-order valence-electron chi connectivity index (χ2n) is 8.52. The molecule has 1 saturated heterocycles. The lowest BCUT2D eigenvalue weighted by Crippen LogP contribution is -2.51. The Bertz CT molecular complexity index is 869. The average molecular weight is 443 g/mol. The maximum Gasteiger partial charge on any atom is 0.468 e. The molecular weight excluding hydrogens is 419 g/mol. The molecule has 1 fully saturated rings. The van der Waals surface area contributed by atoms with Crippen molar-refractivity contribution in [3.05, 3.63) is 17.8 Å². The summed E-state index contributed by atoms with van der Waals surface area (Å²) in [7, 11) is 0. The lowest BCUT2D eigenvalue weighted by Gasteiger charge is -2.27. The zero-order valence-electron chi connectivity index (χ0n) is 17.3. The minimum Gasteiger partial charge on any atom is -0.428 e. The molecule has 170 valence electrons. The highest BCUT2D eigenvalue weighted by molar-refractivity contribution is 5.95. The number of hydrogen-bond acceptors (Lipinski definition) is 6. The number of nitrogens with zero attached hydrogens (tertiary/aromatic N) is 2. The van der Waals surface area contributed by atoms with Crippen LogP contribution in [-0.4, -0.2) is 41.3 Å². The Labute approximate surface area is 176 Å². The number of carbonyl (C=O) groups excluding carboxylic acids is 3. The summed E-state index contributed by atoms with van der Waals surface area (Å²) in [4.78, 5) is 39.9. The largest absolute Gasteiger partial charge is 0.468 e. The predicted octanol–water partition coefficient (Wildman–Crippen LogP) is 1.76. The van der Waals surface area contributed by atoms with Gasteiger partial charge in [0.25, 0.3) is 5.91 Å². The highest BCUT2D eigenvalue weighted by atomic mass is 19.4. The van der Waals surface area contributed by atoms with Crippen LogP contribution in [0.3, 0.4) is 0 Å². The molecule has 1 aliphatic rings. The van der Waals surface area contributed by atoms with Crippen LogP contribution in [0.15, 0.2) is 10.6 Å². The number of rotatable bonds is 7. The van der Waals surface area contributed by atoms with Crippen LogP contribution in [0.4, 0.5) is 13.2 Å². The Morgan fingerprint density at radius 2 is 2.03 bits per heavy atom. The van der Waals surface area contributed by atoms with Crippen LogP contribution >= 0.6 is 0 Å². The van der Waals surface area contributed by atoms with Crippen LogP contribution in [-0.2, 0) is 15.8 Å². The van der Waals surface area contributed by atoms with E-state index in [0.29, 0.717) is 19.2 Å². The summed E-state index contributed by atoms with van der Waals surface area (Å²) in [6, 6.07) is -0.197. The van der Waals surface area contributed by atoms with E-state index in [-0.39, 0.29) is 18.7 Å². The lowest BCUT2D eigenvalue weighted by molar-refractivity contribution is -0.157. The number of carbonyl (C=O) groups is 3. The number of hydrogen-bond donors (Lipinski definition) is 3. The molecule has 3 N–H and O–H groups in total. The maximum absolute atomic E-state index is 12.8. The predicted molar refractivity (Wildman–Crippen MR) is 100 cm³/mol. The van der Waals surface area contributed by atoms with E-state index < -0.39 is 53.1 Å². The molecule has 0 aromatic carbocycles. The van der Waals surface area contributed by atoms with E-state index in [9.17, 15) is 32.8 Å². The molecule has 1 aliphatic heterocycles. The topological polar surface area (TPSA) is 137 Å². The van der Waals surface area contributed by atoms with Crippen molar-refractivity contribution in [2.75, 3.05) is 6.54 Å². The van der Waals surface area contributed by atoms with Crippen molar-refractivity contribution in [2.45, 2.75) is 58.3 Å². The van der Waals surface area contributed by atoms with Gasteiger partial charge in [0.1, 0.15) is 12.1 Å². The van der Waals surface area contributed by atoms with Crippen molar-refractivity contribution in [2.24, 2.45) is 11.3 Å². The minimum atomic E-state index is -4.85. The minimum absolute atomic E-state index is 0.112. The van der Waals surface area contributed by atoms with Crippen molar-refractivity contribution in [3.63, 3.8) is 0 Å². The van der Waals surface area contributed by atoms with Gasteiger partial charge in [-0.2, -0.15) is 18.4 Å². The Balaban J connectivity index is 2.10. The van der Waals surface area contributed by atoms with Gasteiger partial charge >= 0.3 is 12.1 Å². The zero-order valence-corrected chi connectivity index (χ0v) is 17.3. The second-order valence-corrected chi connectivity index (χ2v) is 8.52. The monoisotopic (exact) mass is 443 g/mol. The van der Waals surface area contributed by atoms with Gasteiger partial charge < -0.3 is 20.4 Å². The molecule has 2 rings (SSSR count). The van der Waals surface area contributed by atoms with Gasteiger partial charge in [0.2, 0.25) is 17.6 Å². The Morgan fingerprint density at radius 1 is 1.35 bits per heavy atom. The third-order valence-corrected chi connectivity index (χ3v) is 4.57. The highest BCUT2D eigenvalue weighted by Gasteiger charge is 2.38. The zero-order chi connectivity index (χ0) is 23.4. The maximum atomic E-state index is 12.8. The molecule has 0 saturated carbocycles. The normalized spacial score (nSPS) is 18.6. The van der Waals surface area contributed by atoms with Crippen LogP contribution in [0.1, 0.15) is 56.5 Å². The number of nitriles is 1. The molecule has 1 aromatic rings. The van der Waals surface area contributed by atoms with Gasteiger partial charge in [0.05, 0.1) is 12.3 Å². The van der Waals surface area contributed by atoms with Crippen molar-refractivity contribution < 1.29 is 32.0 Å². The fourth-order valence-corrected chi connectivity index (χ4v) is 3.13. The molecule has 1 aromatic heterocycles. The van der Waals surface area contributed by atoms with E-state index in [1.54, 1.807) is 20.8 Å². The quantitative estimate of drug-likeness (QED) is 0.587. The molecule has 0 spiro atoms. The summed E-state index contributed by atoms with van der Waals surface area (Å²) < 4.78 is 42.4. The number of alkyl halides is 3. The molecule has 0 radical (unpaired) electrons. The first-order valence-electron chi connectivity index (χ1n) is 9.62. The first kappa shape index (κ1) is 24.2. The van der Waals surface area contributed by atoms with Crippen LogP contribution in [0, 0.1) is 22.7 Å². The van der Waals surface area contributed by atoms with Crippen LogP contribution < -0.4 is 16.0 Å². The van der Waals surface area contributed by atoms with Gasteiger partial charge in [-0.3, -0.25) is 14.4 Å². The van der Waals surface area contributed by atoms with E-state index in [1.165, 1.54) is 0 Å². The standard InChI is InChI=1S/C19H24F3N5O4/c1-18(2,3)7-12(27-16(30)13-9-25-17(31-13)19(20,21)22)15(29)26-11(8-23)6-10-4-5-24-14(10)28/h9-12H,4-7H2,1-3H3,(H,24,28)(H,26,29)(H,27,30)/t10-,11-,12-/m0/s1. The molecule has 9 nitrogen and oxygen atoms in total. The van der Waals surface area contributed by atoms with E-state index in [1.807, 2.05) is 6.07 Å². The summed E-state index contributed by atoms with van der Waals surface area (Å²) in [6.07, 6.45) is -3.44. The van der Waals surface area contributed by atoms with Crippen molar-refractivity contribution in [1.82, 2.24) is 20.9 Å². The molecular formula is C19H24F3N5O4. The fraction of sp³-hybridized carbons (Fsp3) is 0.632. The molecule has 31 heavy (non-hydrogen) atoms. The smallest absolute Gasteiger partial charge is 0.428 e. The van der Waals surface area contributed by atoms with Gasteiger partial charge in [0, 0.05) is 12.5 Å². The molecule has 3 amide bonds. The summed E-state index contributed by atoms with van der Waals surface area (Å²) in [5, 5.41) is 16.9. The van der Waals surface area contributed by atoms with Gasteiger partial charge in [-0.25, -0.2) is 4.98 Å². The summed E-state index contributed by atoms with van der Waals surface area (Å²) in [5.74, 6) is -4.61. The first-order chi connectivity index (χ1) is 14.3. The van der Waals surface area contributed by atoms with Crippen LogP contribution in [0.25, 0.3) is 0 Å². The third-order valence-electron chi connectivity index (χ3n) is 4.57. The number of oxazole rings is 1. The Kier molecular flexibility index (Phi) is 7.30. The summed E-state index contributed by atoms with van der Waals surface area (Å²) >= 11 is 0. The Morgan fingerprint density at radius 3 is 2.52 bits per heavy atom. The molecule has 0 bridgehead atoms. The molecule has 3 atom stereocenters. The Hall–Kier alpha value is -3.10. The lowest BCUT2D eigenvalue weighted by atomic mass is 9.87. The summed E-state index contributed by atoms with van der Waals surface area (Å²) in [5.41, 5.74) is -0.443. The van der Waals surface area contributed by atoms with Crippen LogP contribution in [0.2, 0.25) is 0 Å². The number of aromatic nitrogens is 1. The van der Waals surface area contributed by atoms with Gasteiger partial charge in [-0.1, -0.05) is 20.8 Å². The first-order valence-corrected chi connectivity index (χ1v) is 9.62. The van der Waals surface area contributed by atoms with Gasteiger partial charge in [0.15, 0.2) is 0 Å². The van der Waals surface area contributed by atoms with E-state index >= 15 is 0 Å². The molecule has 0 unspecified atom stereocenters. The van der Waals surface area contributed by atoms with Gasteiger partial charge in [-0.15, -0.1) is 0 Å². The summed E-state index contributed by atoms with van der Waals surface area (Å²) in [6.45, 7) is 5.91. The van der Waals surface area contributed by atoms with Crippen molar-refractivity contribution in [3.8, 4) is 6.07 Å². The van der Waals surface area contributed by atoms with E-state index in [2.05, 4.69) is 25.4 Å². The fourth-order valence-electron chi connectivity index (χ4n) is 3.13. The number of nitrogens with one attached hydrogen (secondary N) is 3. The van der Waals surface area contributed by atoms with Gasteiger partial charge in [-0.05, 0) is 24.7 Å².